The molecule has 0 unspecified atom stereocenters. The molecule has 0 saturated carbocycles. The van der Waals surface area contributed by atoms with Crippen LogP contribution in [0.1, 0.15) is 60.8 Å². The quantitative estimate of drug-likeness (QED) is 0.640. The van der Waals surface area contributed by atoms with Crippen LogP contribution in [0.25, 0.3) is 0 Å². The molecule has 0 atom stereocenters. The Hall–Kier alpha value is -0.0400. The maximum atomic E-state index is 3.71. The van der Waals surface area contributed by atoms with Crippen molar-refractivity contribution in [3.63, 3.8) is 0 Å². The zero-order valence-corrected chi connectivity index (χ0v) is 11.6. The summed E-state index contributed by atoms with van der Waals surface area (Å²) in [5.41, 5.74) is 0. The van der Waals surface area contributed by atoms with E-state index in [9.17, 15) is 0 Å². The van der Waals surface area contributed by atoms with Crippen molar-refractivity contribution in [3.05, 3.63) is 0 Å². The van der Waals surface area contributed by atoms with E-state index in [1.165, 1.54) is 25.8 Å². The molecule has 0 amide bonds. The molecule has 1 N–H and O–H groups in total. The third-order valence-corrected chi connectivity index (χ3v) is 2.67. The zero-order valence-electron chi connectivity index (χ0n) is 11.6. The molecule has 0 aromatic carbocycles. The summed E-state index contributed by atoms with van der Waals surface area (Å²) in [7, 11) is 0. The monoisotopic (exact) mass is 213 g/mol. The van der Waals surface area contributed by atoms with E-state index in [1.54, 1.807) is 0 Å². The summed E-state index contributed by atoms with van der Waals surface area (Å²) >= 11 is 0. The van der Waals surface area contributed by atoms with Crippen LogP contribution in [0.4, 0.5) is 0 Å². The summed E-state index contributed by atoms with van der Waals surface area (Å²) in [6.45, 7) is 15.0. The Labute approximate surface area is 97.0 Å². The number of hydrogen-bond acceptors (Lipinski definition) is 1. The van der Waals surface area contributed by atoms with Crippen molar-refractivity contribution in [1.82, 2.24) is 5.32 Å². The molecular formula is C14H31N. The molecule has 0 aliphatic carbocycles. The lowest BCUT2D eigenvalue weighted by atomic mass is 9.95. The third kappa shape index (κ3) is 10.2. The average molecular weight is 213 g/mol. The van der Waals surface area contributed by atoms with Crippen molar-refractivity contribution in [2.24, 2.45) is 17.8 Å². The fourth-order valence-electron chi connectivity index (χ4n) is 1.98. The first-order chi connectivity index (χ1) is 6.91. The second kappa shape index (κ2) is 8.15. The number of nitrogens with one attached hydrogen (secondary N) is 1. The van der Waals surface area contributed by atoms with Gasteiger partial charge in [0.25, 0.3) is 0 Å². The van der Waals surface area contributed by atoms with Crippen LogP contribution in [0.3, 0.4) is 0 Å². The van der Waals surface area contributed by atoms with Gasteiger partial charge < -0.3 is 5.32 Å². The maximum Gasteiger partial charge on any atom is 0.00719 e. The Balaban J connectivity index is 3.79. The minimum Gasteiger partial charge on any atom is -0.314 e. The van der Waals surface area contributed by atoms with Crippen LogP contribution in [-0.4, -0.2) is 12.6 Å². The Morgan fingerprint density at radius 1 is 0.733 bits per heavy atom. The van der Waals surface area contributed by atoms with Crippen molar-refractivity contribution in [1.29, 1.82) is 0 Å². The zero-order chi connectivity index (χ0) is 11.8. The number of rotatable bonds is 8. The summed E-state index contributed by atoms with van der Waals surface area (Å²) in [4.78, 5) is 0. The molecule has 0 radical (unpaired) electrons. The van der Waals surface area contributed by atoms with Gasteiger partial charge in [-0.15, -0.1) is 0 Å². The van der Waals surface area contributed by atoms with Crippen LogP contribution in [-0.2, 0) is 0 Å². The molecule has 0 aliphatic rings. The largest absolute Gasteiger partial charge is 0.314 e. The van der Waals surface area contributed by atoms with Gasteiger partial charge >= 0.3 is 0 Å². The molecule has 0 fully saturated rings. The van der Waals surface area contributed by atoms with Crippen molar-refractivity contribution in [2.75, 3.05) is 6.54 Å². The van der Waals surface area contributed by atoms with Gasteiger partial charge in [-0.25, -0.2) is 0 Å². The van der Waals surface area contributed by atoms with Gasteiger partial charge in [-0.2, -0.15) is 0 Å². The minimum atomic E-state index is 0.726. The van der Waals surface area contributed by atoms with E-state index in [0.717, 1.165) is 23.8 Å². The molecule has 0 rings (SSSR count). The van der Waals surface area contributed by atoms with E-state index in [4.69, 9.17) is 0 Å². The summed E-state index contributed by atoms with van der Waals surface area (Å²) < 4.78 is 0. The van der Waals surface area contributed by atoms with E-state index in [2.05, 4.69) is 46.9 Å². The molecule has 0 aromatic rings. The fraction of sp³-hybridized carbons (Fsp3) is 1.00. The van der Waals surface area contributed by atoms with E-state index in [1.807, 2.05) is 0 Å². The highest BCUT2D eigenvalue weighted by Crippen LogP contribution is 2.13. The third-order valence-electron chi connectivity index (χ3n) is 2.67. The van der Waals surface area contributed by atoms with E-state index >= 15 is 0 Å². The first kappa shape index (κ1) is 15.0. The normalized spacial score (nSPS) is 12.4. The highest BCUT2D eigenvalue weighted by atomic mass is 14.9. The lowest BCUT2D eigenvalue weighted by Crippen LogP contribution is -2.33. The van der Waals surface area contributed by atoms with Crippen LogP contribution in [0.15, 0.2) is 0 Å². The smallest absolute Gasteiger partial charge is 0.00719 e. The standard InChI is InChI=1S/C14H31N/c1-11(2)7-8-15-14(9-12(3)4)10-13(5)6/h11-15H,7-10H2,1-6H3. The summed E-state index contributed by atoms with van der Waals surface area (Å²) in [6.07, 6.45) is 3.93. The average Bonchev–Trinajstić information content (AvgIpc) is 2.00. The van der Waals surface area contributed by atoms with Crippen LogP contribution in [0, 0.1) is 17.8 Å². The summed E-state index contributed by atoms with van der Waals surface area (Å²) in [5.74, 6) is 2.43. The van der Waals surface area contributed by atoms with E-state index < -0.39 is 0 Å². The van der Waals surface area contributed by atoms with Crippen LogP contribution in [0.2, 0.25) is 0 Å². The molecule has 0 aromatic heterocycles. The fourth-order valence-corrected chi connectivity index (χ4v) is 1.98. The maximum absolute atomic E-state index is 3.71. The predicted molar refractivity (Wildman–Crippen MR) is 70.2 cm³/mol. The highest BCUT2D eigenvalue weighted by Gasteiger charge is 2.11. The first-order valence-corrected chi connectivity index (χ1v) is 6.65. The van der Waals surface area contributed by atoms with Gasteiger partial charge in [0.2, 0.25) is 0 Å². The van der Waals surface area contributed by atoms with Gasteiger partial charge in [0.15, 0.2) is 0 Å². The highest BCUT2D eigenvalue weighted by molar-refractivity contribution is 4.70. The van der Waals surface area contributed by atoms with Gasteiger partial charge in [-0.05, 0) is 43.6 Å². The first-order valence-electron chi connectivity index (χ1n) is 6.65. The molecule has 15 heavy (non-hydrogen) atoms. The molecule has 0 aliphatic heterocycles. The topological polar surface area (TPSA) is 12.0 Å². The van der Waals surface area contributed by atoms with Crippen molar-refractivity contribution in [3.8, 4) is 0 Å². The Bertz CT molecular complexity index is 128. The lowest BCUT2D eigenvalue weighted by molar-refractivity contribution is 0.351. The summed E-state index contributed by atoms with van der Waals surface area (Å²) in [6, 6.07) is 0.726. The van der Waals surface area contributed by atoms with Gasteiger partial charge in [0, 0.05) is 6.04 Å². The predicted octanol–water partition coefficient (Wildman–Crippen LogP) is 4.08. The Morgan fingerprint density at radius 2 is 1.20 bits per heavy atom. The van der Waals surface area contributed by atoms with Crippen molar-refractivity contribution < 1.29 is 0 Å². The molecule has 0 bridgehead atoms. The number of hydrogen-bond donors (Lipinski definition) is 1. The van der Waals surface area contributed by atoms with E-state index in [0.29, 0.717) is 0 Å². The van der Waals surface area contributed by atoms with Gasteiger partial charge in [-0.3, -0.25) is 0 Å². The lowest BCUT2D eigenvalue weighted by Gasteiger charge is -2.23. The molecule has 0 spiro atoms. The van der Waals surface area contributed by atoms with Gasteiger partial charge in [0.1, 0.15) is 0 Å². The van der Waals surface area contributed by atoms with Crippen molar-refractivity contribution in [2.45, 2.75) is 66.8 Å². The van der Waals surface area contributed by atoms with E-state index in [-0.39, 0.29) is 0 Å². The molecule has 0 heterocycles. The Kier molecular flexibility index (Phi) is 8.13. The molecule has 1 heteroatoms. The van der Waals surface area contributed by atoms with Crippen LogP contribution in [0.5, 0.6) is 0 Å². The van der Waals surface area contributed by atoms with Crippen molar-refractivity contribution >= 4 is 0 Å². The molecular weight excluding hydrogens is 182 g/mol. The second-order valence-corrected chi connectivity index (χ2v) is 6.09. The SMILES string of the molecule is CC(C)CCNC(CC(C)C)CC(C)C. The van der Waals surface area contributed by atoms with Crippen LogP contribution < -0.4 is 5.32 Å². The van der Waals surface area contributed by atoms with Gasteiger partial charge in [0.05, 0.1) is 0 Å². The molecule has 0 saturated heterocycles. The van der Waals surface area contributed by atoms with Gasteiger partial charge in [-0.1, -0.05) is 41.5 Å². The minimum absolute atomic E-state index is 0.726. The Morgan fingerprint density at radius 3 is 1.53 bits per heavy atom. The van der Waals surface area contributed by atoms with Crippen LogP contribution >= 0.6 is 0 Å². The second-order valence-electron chi connectivity index (χ2n) is 6.09. The summed E-state index contributed by atoms with van der Waals surface area (Å²) in [5, 5.41) is 3.71. The molecule has 1 nitrogen and oxygen atoms in total. The molecule has 92 valence electrons.